The van der Waals surface area contributed by atoms with E-state index in [2.05, 4.69) is 26.6 Å². The number of carbonyl (C=O) groups excluding carboxylic acids is 1. The molecule has 23 heavy (non-hydrogen) atoms. The van der Waals surface area contributed by atoms with E-state index >= 15 is 0 Å². The lowest BCUT2D eigenvalue weighted by atomic mass is 10.1. The van der Waals surface area contributed by atoms with E-state index in [-0.39, 0.29) is 18.5 Å². The van der Waals surface area contributed by atoms with Crippen LogP contribution in [0.15, 0.2) is 53.0 Å². The molecular weight excluding hydrogens is 356 g/mol. The molecule has 0 aliphatic carbocycles. The van der Waals surface area contributed by atoms with Gasteiger partial charge in [-0.1, -0.05) is 40.2 Å². The molecule has 0 aliphatic rings. The molecule has 4 nitrogen and oxygen atoms in total. The number of benzene rings is 2. The van der Waals surface area contributed by atoms with Crippen LogP contribution in [0.1, 0.15) is 25.5 Å². The molecule has 2 N–H and O–H groups in total. The molecule has 5 heteroatoms. The van der Waals surface area contributed by atoms with E-state index in [0.29, 0.717) is 6.61 Å². The average molecular weight is 377 g/mol. The zero-order chi connectivity index (χ0) is 16.7. The number of hydrogen-bond donors (Lipinski definition) is 2. The first kappa shape index (κ1) is 17.3. The van der Waals surface area contributed by atoms with Gasteiger partial charge in [-0.2, -0.15) is 0 Å². The fourth-order valence-electron chi connectivity index (χ4n) is 2.20. The lowest BCUT2D eigenvalue weighted by Gasteiger charge is -2.16. The van der Waals surface area contributed by atoms with Crippen LogP contribution in [0, 0.1) is 0 Å². The maximum atomic E-state index is 12.1. The third-order valence-electron chi connectivity index (χ3n) is 3.37. The van der Waals surface area contributed by atoms with Crippen LogP contribution >= 0.6 is 15.9 Å². The number of carbonyl (C=O) groups is 1. The Balaban J connectivity index is 1.89. The number of anilines is 1. The van der Waals surface area contributed by atoms with Gasteiger partial charge in [0.05, 0.1) is 24.9 Å². The Labute approximate surface area is 145 Å². The predicted octanol–water partition coefficient (Wildman–Crippen LogP) is 4.14. The first-order chi connectivity index (χ1) is 11.1. The first-order valence-corrected chi connectivity index (χ1v) is 8.40. The summed E-state index contributed by atoms with van der Waals surface area (Å²) in [5.41, 5.74) is 1.89. The van der Waals surface area contributed by atoms with Gasteiger partial charge in [-0.15, -0.1) is 0 Å². The van der Waals surface area contributed by atoms with Gasteiger partial charge < -0.3 is 15.4 Å². The van der Waals surface area contributed by atoms with Gasteiger partial charge in [-0.3, -0.25) is 4.79 Å². The summed E-state index contributed by atoms with van der Waals surface area (Å²) in [6.45, 7) is 4.69. The fourth-order valence-corrected chi connectivity index (χ4v) is 2.46. The van der Waals surface area contributed by atoms with Crippen molar-refractivity contribution in [1.29, 1.82) is 0 Å². The molecule has 0 fully saturated rings. The molecule has 0 radical (unpaired) electrons. The highest BCUT2D eigenvalue weighted by Crippen LogP contribution is 2.23. The summed E-state index contributed by atoms with van der Waals surface area (Å²) in [7, 11) is 0. The SMILES string of the molecule is CCOc1ccccc1NCC(=O)NC(C)c1ccc(Br)cc1. The summed E-state index contributed by atoms with van der Waals surface area (Å²) in [5.74, 6) is 0.690. The maximum absolute atomic E-state index is 12.1. The van der Waals surface area contributed by atoms with E-state index in [1.54, 1.807) is 0 Å². The van der Waals surface area contributed by atoms with Crippen molar-refractivity contribution in [1.82, 2.24) is 5.32 Å². The third-order valence-corrected chi connectivity index (χ3v) is 3.90. The van der Waals surface area contributed by atoms with E-state index < -0.39 is 0 Å². The highest BCUT2D eigenvalue weighted by atomic mass is 79.9. The van der Waals surface area contributed by atoms with Gasteiger partial charge in [0, 0.05) is 4.47 Å². The summed E-state index contributed by atoms with van der Waals surface area (Å²) < 4.78 is 6.55. The first-order valence-electron chi connectivity index (χ1n) is 7.60. The zero-order valence-corrected chi connectivity index (χ0v) is 14.9. The smallest absolute Gasteiger partial charge is 0.239 e. The van der Waals surface area contributed by atoms with Crippen LogP contribution in [0.2, 0.25) is 0 Å². The number of ether oxygens (including phenoxy) is 1. The van der Waals surface area contributed by atoms with Gasteiger partial charge in [-0.25, -0.2) is 0 Å². The predicted molar refractivity (Wildman–Crippen MR) is 96.8 cm³/mol. The highest BCUT2D eigenvalue weighted by Gasteiger charge is 2.10. The summed E-state index contributed by atoms with van der Waals surface area (Å²) >= 11 is 3.41. The molecule has 0 bridgehead atoms. The molecule has 0 saturated heterocycles. The van der Waals surface area contributed by atoms with E-state index in [1.807, 2.05) is 62.4 Å². The average Bonchev–Trinajstić information content (AvgIpc) is 2.55. The lowest BCUT2D eigenvalue weighted by molar-refractivity contribution is -0.120. The Hall–Kier alpha value is -2.01. The quantitative estimate of drug-likeness (QED) is 0.763. The molecular formula is C18H21BrN2O2. The van der Waals surface area contributed by atoms with Gasteiger partial charge in [0.1, 0.15) is 5.75 Å². The van der Waals surface area contributed by atoms with Crippen LogP contribution in [-0.4, -0.2) is 19.1 Å². The number of halogens is 1. The molecule has 1 atom stereocenters. The number of nitrogens with one attached hydrogen (secondary N) is 2. The normalized spacial score (nSPS) is 11.6. The minimum absolute atomic E-state index is 0.0421. The molecule has 2 aromatic rings. The molecule has 1 amide bonds. The maximum Gasteiger partial charge on any atom is 0.239 e. The van der Waals surface area contributed by atoms with E-state index in [9.17, 15) is 4.79 Å². The number of hydrogen-bond acceptors (Lipinski definition) is 3. The summed E-state index contributed by atoms with van der Waals surface area (Å²) in [6.07, 6.45) is 0. The van der Waals surface area contributed by atoms with Gasteiger partial charge in [0.25, 0.3) is 0 Å². The Morgan fingerprint density at radius 2 is 1.87 bits per heavy atom. The van der Waals surface area contributed by atoms with Gasteiger partial charge in [0.15, 0.2) is 0 Å². The molecule has 2 aromatic carbocycles. The Morgan fingerprint density at radius 1 is 1.17 bits per heavy atom. The standard InChI is InChI=1S/C18H21BrN2O2/c1-3-23-17-7-5-4-6-16(17)20-12-18(22)21-13(2)14-8-10-15(19)11-9-14/h4-11,13,20H,3,12H2,1-2H3,(H,21,22). The monoisotopic (exact) mass is 376 g/mol. The van der Waals surface area contributed by atoms with Crippen molar-refractivity contribution >= 4 is 27.5 Å². The van der Waals surface area contributed by atoms with E-state index in [4.69, 9.17) is 4.74 Å². The van der Waals surface area contributed by atoms with Crippen molar-refractivity contribution in [3.63, 3.8) is 0 Å². The second-order valence-electron chi connectivity index (χ2n) is 5.12. The van der Waals surface area contributed by atoms with E-state index in [1.165, 1.54) is 0 Å². The molecule has 0 saturated carbocycles. The molecule has 122 valence electrons. The lowest BCUT2D eigenvalue weighted by Crippen LogP contribution is -2.32. The van der Waals surface area contributed by atoms with Crippen molar-refractivity contribution in [3.05, 3.63) is 58.6 Å². The van der Waals surface area contributed by atoms with Crippen LogP contribution in [0.5, 0.6) is 5.75 Å². The van der Waals surface area contributed by atoms with Crippen LogP contribution < -0.4 is 15.4 Å². The van der Waals surface area contributed by atoms with Gasteiger partial charge in [-0.05, 0) is 43.7 Å². The zero-order valence-electron chi connectivity index (χ0n) is 13.3. The molecule has 0 aliphatic heterocycles. The van der Waals surface area contributed by atoms with Crippen LogP contribution in [0.25, 0.3) is 0 Å². The summed E-state index contributed by atoms with van der Waals surface area (Å²) in [6, 6.07) is 15.5. The minimum Gasteiger partial charge on any atom is -0.492 e. The molecule has 1 unspecified atom stereocenters. The van der Waals surface area contributed by atoms with Crippen LogP contribution in [0.3, 0.4) is 0 Å². The molecule has 0 spiro atoms. The fraction of sp³-hybridized carbons (Fsp3) is 0.278. The topological polar surface area (TPSA) is 50.4 Å². The van der Waals surface area contributed by atoms with Crippen molar-refractivity contribution in [2.45, 2.75) is 19.9 Å². The van der Waals surface area contributed by atoms with Crippen molar-refractivity contribution in [2.24, 2.45) is 0 Å². The van der Waals surface area contributed by atoms with Gasteiger partial charge in [0.2, 0.25) is 5.91 Å². The summed E-state index contributed by atoms with van der Waals surface area (Å²) in [4.78, 5) is 12.1. The van der Waals surface area contributed by atoms with Crippen molar-refractivity contribution in [3.8, 4) is 5.75 Å². The van der Waals surface area contributed by atoms with Crippen LogP contribution in [0.4, 0.5) is 5.69 Å². The largest absolute Gasteiger partial charge is 0.492 e. The number of para-hydroxylation sites is 2. The molecule has 0 heterocycles. The third kappa shape index (κ3) is 5.28. The van der Waals surface area contributed by atoms with Crippen LogP contribution in [-0.2, 0) is 4.79 Å². The number of rotatable bonds is 7. The second kappa shape index (κ2) is 8.58. The van der Waals surface area contributed by atoms with Crippen molar-refractivity contribution < 1.29 is 9.53 Å². The highest BCUT2D eigenvalue weighted by molar-refractivity contribution is 9.10. The summed E-state index contributed by atoms with van der Waals surface area (Å²) in [5, 5.41) is 6.10. The van der Waals surface area contributed by atoms with Gasteiger partial charge >= 0.3 is 0 Å². The van der Waals surface area contributed by atoms with Crippen molar-refractivity contribution in [2.75, 3.05) is 18.5 Å². The molecule has 0 aromatic heterocycles. The van der Waals surface area contributed by atoms with E-state index in [0.717, 1.165) is 21.5 Å². The molecule has 2 rings (SSSR count). The Morgan fingerprint density at radius 3 is 2.57 bits per heavy atom. The number of amides is 1. The second-order valence-corrected chi connectivity index (χ2v) is 6.04. The Kier molecular flexibility index (Phi) is 6.47. The Bertz CT molecular complexity index is 644. The minimum atomic E-state index is -0.0632.